The molecule has 9 nitrogen and oxygen atoms in total. The van der Waals surface area contributed by atoms with Gasteiger partial charge in [0, 0.05) is 16.6 Å². The normalized spacial score (nSPS) is 13.4. The fourth-order valence-corrected chi connectivity index (χ4v) is 2.73. The van der Waals surface area contributed by atoms with Gasteiger partial charge in [-0.25, -0.2) is 4.79 Å². The summed E-state index contributed by atoms with van der Waals surface area (Å²) in [6.07, 6.45) is -1.25. The smallest absolute Gasteiger partial charge is 0.336 e. The van der Waals surface area contributed by atoms with Crippen molar-refractivity contribution >= 4 is 28.8 Å². The largest absolute Gasteiger partial charge is 0.481 e. The highest BCUT2D eigenvalue weighted by molar-refractivity contribution is 5.88. The zero-order valence-corrected chi connectivity index (χ0v) is 13.8. The predicted octanol–water partition coefficient (Wildman–Crippen LogP) is 0.992. The van der Waals surface area contributed by atoms with Gasteiger partial charge in [-0.2, -0.15) is 0 Å². The van der Waals surface area contributed by atoms with E-state index in [-0.39, 0.29) is 0 Å². The minimum atomic E-state index is -2.74. The van der Waals surface area contributed by atoms with E-state index in [2.05, 4.69) is 29.2 Å². The van der Waals surface area contributed by atoms with Crippen LogP contribution < -0.4 is 0 Å². The zero-order valence-electron chi connectivity index (χ0n) is 13.8. The third-order valence-electron chi connectivity index (χ3n) is 3.93. The Morgan fingerprint density at radius 2 is 1.69 bits per heavy atom. The van der Waals surface area contributed by atoms with Gasteiger partial charge < -0.3 is 30.1 Å². The van der Waals surface area contributed by atoms with Gasteiger partial charge in [0.05, 0.1) is 26.1 Å². The minimum absolute atomic E-state index is 0.740. The number of aromatic nitrogens is 1. The molecular weight excluding hydrogens is 346 g/mol. The molecule has 2 heterocycles. The number of ether oxygens (including phenoxy) is 1. The van der Waals surface area contributed by atoms with Crippen molar-refractivity contribution in [3.63, 3.8) is 0 Å². The Morgan fingerprint density at radius 3 is 2.27 bits per heavy atom. The second kappa shape index (κ2) is 7.98. The highest BCUT2D eigenvalue weighted by Crippen LogP contribution is 2.25. The SMILES string of the molecule is O=C(O)CC(O)(CC(=O)O)C(=O)O.c1ccc2c3c([nH]c2c1)COCC3. The number of carboxylic acid groups (broad SMARTS) is 3. The Bertz CT molecular complexity index is 809. The lowest BCUT2D eigenvalue weighted by Gasteiger charge is -2.18. The number of benzene rings is 1. The maximum absolute atomic E-state index is 10.3. The molecule has 0 saturated carbocycles. The Labute approximate surface area is 147 Å². The minimum Gasteiger partial charge on any atom is -0.481 e. The van der Waals surface area contributed by atoms with E-state index >= 15 is 0 Å². The molecule has 0 unspecified atom stereocenters. The number of nitrogens with one attached hydrogen (secondary N) is 1. The Balaban J connectivity index is 0.000000187. The number of carbonyl (C=O) groups is 3. The zero-order chi connectivity index (χ0) is 19.3. The Kier molecular flexibility index (Phi) is 5.96. The number of H-pyrrole nitrogens is 1. The predicted molar refractivity (Wildman–Crippen MR) is 88.7 cm³/mol. The van der Waals surface area contributed by atoms with E-state index in [9.17, 15) is 14.4 Å². The molecule has 0 saturated heterocycles. The lowest BCUT2D eigenvalue weighted by Crippen LogP contribution is -2.42. The molecule has 0 bridgehead atoms. The molecule has 2 aromatic rings. The number of aromatic amines is 1. The fourth-order valence-electron chi connectivity index (χ4n) is 2.73. The van der Waals surface area contributed by atoms with Gasteiger partial charge in [0.15, 0.2) is 5.60 Å². The fraction of sp³-hybridized carbons (Fsp3) is 0.353. The van der Waals surface area contributed by atoms with Crippen molar-refractivity contribution in [3.05, 3.63) is 35.5 Å². The second-order valence-electron chi connectivity index (χ2n) is 5.91. The van der Waals surface area contributed by atoms with Crippen LogP contribution in [0.5, 0.6) is 0 Å². The number of hydrogen-bond acceptors (Lipinski definition) is 5. The molecule has 0 aliphatic carbocycles. The monoisotopic (exact) mass is 365 g/mol. The molecule has 0 spiro atoms. The first-order valence-electron chi connectivity index (χ1n) is 7.78. The van der Waals surface area contributed by atoms with Gasteiger partial charge in [0.25, 0.3) is 0 Å². The summed E-state index contributed by atoms with van der Waals surface area (Å²) in [5.41, 5.74) is 1.20. The van der Waals surface area contributed by atoms with Gasteiger partial charge in [-0.1, -0.05) is 18.2 Å². The van der Waals surface area contributed by atoms with E-state index in [0.29, 0.717) is 0 Å². The molecule has 140 valence electrons. The highest BCUT2D eigenvalue weighted by atomic mass is 16.5. The molecule has 0 amide bonds. The molecule has 5 N–H and O–H groups in total. The van der Waals surface area contributed by atoms with E-state index in [1.807, 2.05) is 0 Å². The number of aliphatic carboxylic acids is 3. The molecule has 3 rings (SSSR count). The maximum Gasteiger partial charge on any atom is 0.336 e. The summed E-state index contributed by atoms with van der Waals surface area (Å²) in [4.78, 5) is 33.9. The Morgan fingerprint density at radius 1 is 1.08 bits per heavy atom. The van der Waals surface area contributed by atoms with E-state index in [1.54, 1.807) is 0 Å². The lowest BCUT2D eigenvalue weighted by atomic mass is 9.96. The third-order valence-corrected chi connectivity index (χ3v) is 3.93. The van der Waals surface area contributed by atoms with Crippen LogP contribution in [0.1, 0.15) is 24.1 Å². The third kappa shape index (κ3) is 4.58. The van der Waals surface area contributed by atoms with Crippen molar-refractivity contribution in [2.75, 3.05) is 6.61 Å². The summed E-state index contributed by atoms with van der Waals surface area (Å²) < 4.78 is 5.39. The van der Waals surface area contributed by atoms with Crippen molar-refractivity contribution in [1.82, 2.24) is 4.98 Å². The number of hydrogen-bond donors (Lipinski definition) is 5. The number of aliphatic hydroxyl groups is 1. The summed E-state index contributed by atoms with van der Waals surface area (Å²) in [6.45, 7) is 1.60. The first-order chi connectivity index (χ1) is 12.2. The van der Waals surface area contributed by atoms with Crippen molar-refractivity contribution in [1.29, 1.82) is 0 Å². The first-order valence-corrected chi connectivity index (χ1v) is 7.78. The van der Waals surface area contributed by atoms with E-state index in [0.717, 1.165) is 19.6 Å². The van der Waals surface area contributed by atoms with Crippen molar-refractivity contribution < 1.29 is 39.5 Å². The van der Waals surface area contributed by atoms with Crippen LogP contribution in [0.2, 0.25) is 0 Å². The van der Waals surface area contributed by atoms with Crippen molar-refractivity contribution in [2.24, 2.45) is 0 Å². The lowest BCUT2D eigenvalue weighted by molar-refractivity contribution is -0.170. The van der Waals surface area contributed by atoms with Crippen LogP contribution in [0.25, 0.3) is 10.9 Å². The maximum atomic E-state index is 10.3. The van der Waals surface area contributed by atoms with E-state index in [1.165, 1.54) is 22.2 Å². The average molecular weight is 365 g/mol. The van der Waals surface area contributed by atoms with Crippen LogP contribution in [-0.4, -0.2) is 55.5 Å². The van der Waals surface area contributed by atoms with Gasteiger partial charge in [-0.3, -0.25) is 9.59 Å². The average Bonchev–Trinajstić information content (AvgIpc) is 2.92. The number of para-hydroxylation sites is 1. The summed E-state index contributed by atoms with van der Waals surface area (Å²) in [5.74, 6) is -5.02. The molecule has 1 aliphatic rings. The van der Waals surface area contributed by atoms with Crippen LogP contribution in [0.4, 0.5) is 0 Å². The topological polar surface area (TPSA) is 157 Å². The van der Waals surface area contributed by atoms with Crippen molar-refractivity contribution in [3.8, 4) is 0 Å². The quantitative estimate of drug-likeness (QED) is 0.525. The highest BCUT2D eigenvalue weighted by Gasteiger charge is 2.40. The molecule has 1 aromatic heterocycles. The van der Waals surface area contributed by atoms with Gasteiger partial charge >= 0.3 is 17.9 Å². The molecule has 1 aromatic carbocycles. The molecule has 0 atom stereocenters. The summed E-state index contributed by atoms with van der Waals surface area (Å²) in [5, 5.41) is 35.2. The molecule has 26 heavy (non-hydrogen) atoms. The summed E-state index contributed by atoms with van der Waals surface area (Å²) in [7, 11) is 0. The van der Waals surface area contributed by atoms with Gasteiger partial charge in [0.1, 0.15) is 0 Å². The van der Waals surface area contributed by atoms with E-state index < -0.39 is 36.4 Å². The number of carboxylic acids is 3. The van der Waals surface area contributed by atoms with Crippen LogP contribution in [0.15, 0.2) is 24.3 Å². The Hall–Kier alpha value is -2.91. The van der Waals surface area contributed by atoms with Gasteiger partial charge in [-0.05, 0) is 18.1 Å². The molecule has 0 radical (unpaired) electrons. The number of fused-ring (bicyclic) bond motifs is 3. The van der Waals surface area contributed by atoms with Crippen LogP contribution >= 0.6 is 0 Å². The van der Waals surface area contributed by atoms with Crippen LogP contribution in [0.3, 0.4) is 0 Å². The summed E-state index contributed by atoms with van der Waals surface area (Å²) in [6, 6.07) is 8.45. The molecule has 9 heteroatoms. The van der Waals surface area contributed by atoms with Crippen LogP contribution in [0, 0.1) is 0 Å². The van der Waals surface area contributed by atoms with Gasteiger partial charge in [0.2, 0.25) is 0 Å². The standard InChI is InChI=1S/C11H11NO.C6H8O7/c1-2-4-10-8(3-1)9-5-6-13-7-11(9)12-10;7-3(8)1-6(13,5(11)12)2-4(9)10/h1-4,12H,5-7H2;13H,1-2H2,(H,7,8)(H,9,10)(H,11,12). The first kappa shape index (κ1) is 19.4. The van der Waals surface area contributed by atoms with Gasteiger partial charge in [-0.15, -0.1) is 0 Å². The summed E-state index contributed by atoms with van der Waals surface area (Å²) >= 11 is 0. The van der Waals surface area contributed by atoms with E-state index in [4.69, 9.17) is 25.2 Å². The number of rotatable bonds is 5. The van der Waals surface area contributed by atoms with Crippen molar-refractivity contribution in [2.45, 2.75) is 31.5 Å². The molecular formula is C17H19NO8. The van der Waals surface area contributed by atoms with Crippen LogP contribution in [-0.2, 0) is 32.1 Å². The molecule has 1 aliphatic heterocycles. The molecule has 0 fully saturated rings. The second-order valence-corrected chi connectivity index (χ2v) is 5.91.